The van der Waals surface area contributed by atoms with Gasteiger partial charge in [0.05, 0.1) is 10.8 Å². The molecule has 2 N–H and O–H groups in total. The summed E-state index contributed by atoms with van der Waals surface area (Å²) in [5, 5.41) is 14.7. The van der Waals surface area contributed by atoms with Crippen molar-refractivity contribution < 1.29 is 14.3 Å². The molecule has 0 aliphatic heterocycles. The summed E-state index contributed by atoms with van der Waals surface area (Å²) in [6.07, 6.45) is 5.64. The van der Waals surface area contributed by atoms with Crippen LogP contribution in [-0.4, -0.2) is 30.4 Å². The van der Waals surface area contributed by atoms with Gasteiger partial charge in [0.1, 0.15) is 29.6 Å². The number of ether oxygens (including phenoxy) is 1. The average molecular weight is 367 g/mol. The minimum Gasteiger partial charge on any atom is -0.491 e. The third-order valence-electron chi connectivity index (χ3n) is 5.24. The van der Waals surface area contributed by atoms with Gasteiger partial charge in [-0.05, 0) is 37.1 Å². The SMILES string of the molecule is O=c1c2ccccc2oc2cc(OCC(O)CNC3CCCCC3)ccc12. The summed E-state index contributed by atoms with van der Waals surface area (Å²) in [7, 11) is 0. The molecule has 1 heterocycles. The zero-order valence-corrected chi connectivity index (χ0v) is 15.3. The van der Waals surface area contributed by atoms with E-state index in [1.807, 2.05) is 12.1 Å². The van der Waals surface area contributed by atoms with E-state index in [0.29, 0.717) is 40.3 Å². The van der Waals surface area contributed by atoms with Gasteiger partial charge >= 0.3 is 0 Å². The Morgan fingerprint density at radius 3 is 2.70 bits per heavy atom. The summed E-state index contributed by atoms with van der Waals surface area (Å²) in [5.74, 6) is 0.581. The van der Waals surface area contributed by atoms with Gasteiger partial charge in [-0.3, -0.25) is 4.79 Å². The normalized spacial score (nSPS) is 16.6. The molecule has 0 bridgehead atoms. The van der Waals surface area contributed by atoms with E-state index in [-0.39, 0.29) is 12.0 Å². The summed E-state index contributed by atoms with van der Waals surface area (Å²) >= 11 is 0. The third-order valence-corrected chi connectivity index (χ3v) is 5.24. The van der Waals surface area contributed by atoms with Gasteiger partial charge in [0.15, 0.2) is 0 Å². The Kier molecular flexibility index (Phi) is 5.41. The predicted octanol–water partition coefficient (Wildman–Crippen LogP) is 3.61. The fourth-order valence-corrected chi connectivity index (χ4v) is 3.73. The topological polar surface area (TPSA) is 71.7 Å². The molecule has 5 heteroatoms. The molecule has 1 atom stereocenters. The van der Waals surface area contributed by atoms with Crippen LogP contribution in [0.5, 0.6) is 5.75 Å². The van der Waals surface area contributed by atoms with Crippen molar-refractivity contribution in [2.24, 2.45) is 0 Å². The van der Waals surface area contributed by atoms with Gasteiger partial charge in [-0.15, -0.1) is 0 Å². The van der Waals surface area contributed by atoms with Gasteiger partial charge in [0.25, 0.3) is 0 Å². The molecule has 1 aliphatic carbocycles. The number of rotatable bonds is 6. The Balaban J connectivity index is 1.41. The molecule has 1 fully saturated rings. The maximum absolute atomic E-state index is 12.6. The summed E-state index contributed by atoms with van der Waals surface area (Å²) in [5.41, 5.74) is 1.00. The molecule has 1 aromatic heterocycles. The Hall–Kier alpha value is -2.37. The number of benzene rings is 2. The van der Waals surface area contributed by atoms with Crippen LogP contribution in [0.25, 0.3) is 21.9 Å². The highest BCUT2D eigenvalue weighted by atomic mass is 16.5. The van der Waals surface area contributed by atoms with Gasteiger partial charge in [-0.2, -0.15) is 0 Å². The highest BCUT2D eigenvalue weighted by molar-refractivity contribution is 5.90. The van der Waals surface area contributed by atoms with Gasteiger partial charge in [-0.1, -0.05) is 31.4 Å². The maximum Gasteiger partial charge on any atom is 0.200 e. The van der Waals surface area contributed by atoms with Crippen molar-refractivity contribution in [1.29, 1.82) is 0 Å². The summed E-state index contributed by atoms with van der Waals surface area (Å²) in [6.45, 7) is 0.723. The van der Waals surface area contributed by atoms with Crippen LogP contribution in [0, 0.1) is 0 Å². The number of hydrogen-bond acceptors (Lipinski definition) is 5. The standard InChI is InChI=1S/C22H25NO4/c24-16(13-23-15-6-2-1-3-7-15)14-26-17-10-11-19-21(12-17)27-20-9-5-4-8-18(20)22(19)25/h4-5,8-12,15-16,23-24H,1-3,6-7,13-14H2. The van der Waals surface area contributed by atoms with Crippen molar-refractivity contribution in [3.8, 4) is 5.75 Å². The fraction of sp³-hybridized carbons (Fsp3) is 0.409. The summed E-state index contributed by atoms with van der Waals surface area (Å²) in [6, 6.07) is 12.9. The van der Waals surface area contributed by atoms with E-state index in [2.05, 4.69) is 5.32 Å². The molecule has 5 nitrogen and oxygen atoms in total. The first kappa shape index (κ1) is 18.0. The minimum absolute atomic E-state index is 0.0462. The highest BCUT2D eigenvalue weighted by Crippen LogP contribution is 2.23. The first-order valence-corrected chi connectivity index (χ1v) is 9.70. The van der Waals surface area contributed by atoms with E-state index < -0.39 is 6.10 Å². The van der Waals surface area contributed by atoms with Crippen molar-refractivity contribution in [2.75, 3.05) is 13.2 Å². The maximum atomic E-state index is 12.6. The number of nitrogens with one attached hydrogen (secondary N) is 1. The lowest BCUT2D eigenvalue weighted by atomic mass is 9.95. The molecule has 0 spiro atoms. The minimum atomic E-state index is -0.578. The Bertz CT molecular complexity index is 975. The number of aliphatic hydroxyl groups is 1. The second-order valence-electron chi connectivity index (χ2n) is 7.29. The van der Waals surface area contributed by atoms with E-state index >= 15 is 0 Å². The van der Waals surface area contributed by atoms with Crippen molar-refractivity contribution in [1.82, 2.24) is 5.32 Å². The van der Waals surface area contributed by atoms with Crippen molar-refractivity contribution in [3.05, 3.63) is 52.7 Å². The van der Waals surface area contributed by atoms with Crippen LogP contribution in [0.15, 0.2) is 51.7 Å². The molecule has 2 aromatic carbocycles. The number of para-hydroxylation sites is 1. The van der Waals surface area contributed by atoms with Gasteiger partial charge in [0.2, 0.25) is 5.43 Å². The monoisotopic (exact) mass is 367 g/mol. The molecule has 1 aliphatic rings. The molecule has 3 aromatic rings. The van der Waals surface area contributed by atoms with Gasteiger partial charge in [-0.25, -0.2) is 0 Å². The zero-order valence-electron chi connectivity index (χ0n) is 15.3. The van der Waals surface area contributed by atoms with Crippen LogP contribution < -0.4 is 15.5 Å². The van der Waals surface area contributed by atoms with E-state index in [0.717, 1.165) is 0 Å². The third kappa shape index (κ3) is 4.15. The van der Waals surface area contributed by atoms with Crippen LogP contribution in [0.2, 0.25) is 0 Å². The molecule has 4 rings (SSSR count). The van der Waals surface area contributed by atoms with Crippen LogP contribution >= 0.6 is 0 Å². The largest absolute Gasteiger partial charge is 0.491 e. The lowest BCUT2D eigenvalue weighted by Crippen LogP contribution is -2.38. The van der Waals surface area contributed by atoms with Gasteiger partial charge in [0, 0.05) is 18.7 Å². The van der Waals surface area contributed by atoms with Crippen LogP contribution in [0.4, 0.5) is 0 Å². The smallest absolute Gasteiger partial charge is 0.200 e. The first-order valence-electron chi connectivity index (χ1n) is 9.70. The number of hydrogen-bond donors (Lipinski definition) is 2. The second-order valence-corrected chi connectivity index (χ2v) is 7.29. The Labute approximate surface area is 157 Å². The molecule has 1 unspecified atom stereocenters. The number of fused-ring (bicyclic) bond motifs is 2. The van der Waals surface area contributed by atoms with Crippen LogP contribution in [0.1, 0.15) is 32.1 Å². The van der Waals surface area contributed by atoms with Crippen LogP contribution in [0.3, 0.4) is 0 Å². The highest BCUT2D eigenvalue weighted by Gasteiger charge is 2.15. The molecular weight excluding hydrogens is 342 g/mol. The van der Waals surface area contributed by atoms with E-state index in [1.165, 1.54) is 32.1 Å². The van der Waals surface area contributed by atoms with Gasteiger partial charge < -0.3 is 19.6 Å². The Morgan fingerprint density at radius 1 is 1.07 bits per heavy atom. The van der Waals surface area contributed by atoms with Crippen molar-refractivity contribution >= 4 is 21.9 Å². The molecule has 0 radical (unpaired) electrons. The predicted molar refractivity (Wildman–Crippen MR) is 106 cm³/mol. The molecule has 0 amide bonds. The average Bonchev–Trinajstić information content (AvgIpc) is 2.71. The summed E-state index contributed by atoms with van der Waals surface area (Å²) in [4.78, 5) is 12.6. The Morgan fingerprint density at radius 2 is 1.85 bits per heavy atom. The molecule has 1 saturated carbocycles. The van der Waals surface area contributed by atoms with Crippen molar-refractivity contribution in [2.45, 2.75) is 44.2 Å². The lowest BCUT2D eigenvalue weighted by molar-refractivity contribution is 0.102. The van der Waals surface area contributed by atoms with E-state index in [1.54, 1.807) is 30.3 Å². The lowest BCUT2D eigenvalue weighted by Gasteiger charge is -2.24. The quantitative estimate of drug-likeness (QED) is 0.651. The molecule has 142 valence electrons. The van der Waals surface area contributed by atoms with E-state index in [4.69, 9.17) is 9.15 Å². The first-order chi connectivity index (χ1) is 13.2. The summed E-state index contributed by atoms with van der Waals surface area (Å²) < 4.78 is 11.6. The van der Waals surface area contributed by atoms with E-state index in [9.17, 15) is 9.90 Å². The molecular formula is C22H25NO4. The number of aliphatic hydroxyl groups excluding tert-OH is 1. The van der Waals surface area contributed by atoms with Crippen LogP contribution in [-0.2, 0) is 0 Å². The van der Waals surface area contributed by atoms with Crippen molar-refractivity contribution in [3.63, 3.8) is 0 Å². The zero-order chi connectivity index (χ0) is 18.6. The molecule has 0 saturated heterocycles. The molecule has 27 heavy (non-hydrogen) atoms. The second kappa shape index (κ2) is 8.11. The fourth-order valence-electron chi connectivity index (χ4n) is 3.73.